The molecule has 1 amide bonds. The van der Waals surface area contributed by atoms with Crippen LogP contribution in [0.25, 0.3) is 0 Å². The van der Waals surface area contributed by atoms with Crippen molar-refractivity contribution in [3.8, 4) is 5.75 Å². The van der Waals surface area contributed by atoms with Crippen molar-refractivity contribution in [2.45, 2.75) is 18.5 Å². The highest BCUT2D eigenvalue weighted by atomic mass is 35.5. The Morgan fingerprint density at radius 3 is 2.50 bits per heavy atom. The molecule has 5 rings (SSSR count). The number of aromatic nitrogens is 3. The summed E-state index contributed by atoms with van der Waals surface area (Å²) >= 11 is 6.05. The van der Waals surface area contributed by atoms with Crippen molar-refractivity contribution in [1.82, 2.24) is 14.8 Å². The fraction of sp³-hybridized carbons (Fsp3) is 0.160. The Labute approximate surface area is 200 Å². The molecule has 4 aromatic rings. The van der Waals surface area contributed by atoms with Crippen LogP contribution < -0.4 is 15.4 Å². The van der Waals surface area contributed by atoms with Crippen molar-refractivity contribution in [2.75, 3.05) is 17.2 Å². The van der Waals surface area contributed by atoms with Gasteiger partial charge in [-0.25, -0.2) is 9.07 Å². The number of amides is 1. The fourth-order valence-corrected chi connectivity index (χ4v) is 4.06. The van der Waals surface area contributed by atoms with E-state index in [1.165, 1.54) is 12.1 Å². The molecular weight excluding hydrogens is 457 g/mol. The largest absolute Gasteiger partial charge is 0.484 e. The van der Waals surface area contributed by atoms with Crippen molar-refractivity contribution >= 4 is 29.4 Å². The molecule has 7 nitrogen and oxygen atoms in total. The lowest BCUT2D eigenvalue weighted by molar-refractivity contribution is -0.118. The quantitative estimate of drug-likeness (QED) is 0.397. The first-order valence-electron chi connectivity index (χ1n) is 10.8. The minimum atomic E-state index is -0.376. The van der Waals surface area contributed by atoms with Crippen molar-refractivity contribution in [1.29, 1.82) is 0 Å². The van der Waals surface area contributed by atoms with Crippen LogP contribution in [0, 0.1) is 5.82 Å². The summed E-state index contributed by atoms with van der Waals surface area (Å²) in [6, 6.07) is 22.7. The summed E-state index contributed by atoms with van der Waals surface area (Å²) in [5, 5.41) is 11.2. The molecular formula is C25H21ClFN5O2. The third-order valence-electron chi connectivity index (χ3n) is 5.58. The molecule has 0 unspecified atom stereocenters. The molecule has 2 N–H and O–H groups in total. The van der Waals surface area contributed by atoms with Crippen molar-refractivity contribution in [3.05, 3.63) is 101 Å². The standard InChI is InChI=1S/C25H21ClFN5O2/c26-18-10-6-16(7-11-18)21-14-22(17-8-12-19(27)13-9-17)32-25(28-21)30-24(31-32)29-23(33)15-34-20-4-2-1-3-5-20/h1-13,21-22H,14-15H2,(H2,28,29,30,31,33)/t21-,22-/m0/s1. The van der Waals surface area contributed by atoms with E-state index in [4.69, 9.17) is 16.3 Å². The molecule has 0 saturated carbocycles. The van der Waals surface area contributed by atoms with Gasteiger partial charge in [-0.1, -0.05) is 54.1 Å². The smallest absolute Gasteiger partial charge is 0.264 e. The average Bonchev–Trinajstić information content (AvgIpc) is 3.26. The predicted octanol–water partition coefficient (Wildman–Crippen LogP) is 5.23. The maximum atomic E-state index is 13.6. The van der Waals surface area contributed by atoms with Crippen LogP contribution in [-0.4, -0.2) is 27.3 Å². The van der Waals surface area contributed by atoms with Gasteiger partial charge in [0, 0.05) is 5.02 Å². The van der Waals surface area contributed by atoms with E-state index in [-0.39, 0.29) is 36.4 Å². The van der Waals surface area contributed by atoms with Gasteiger partial charge >= 0.3 is 0 Å². The van der Waals surface area contributed by atoms with Gasteiger partial charge in [0.25, 0.3) is 11.9 Å². The highest BCUT2D eigenvalue weighted by molar-refractivity contribution is 6.30. The number of nitrogens with one attached hydrogen (secondary N) is 2. The van der Waals surface area contributed by atoms with Crippen LogP contribution in [0.15, 0.2) is 78.9 Å². The van der Waals surface area contributed by atoms with E-state index in [1.807, 2.05) is 42.5 Å². The average molecular weight is 478 g/mol. The highest BCUT2D eigenvalue weighted by Crippen LogP contribution is 2.38. The second kappa shape index (κ2) is 9.52. The first kappa shape index (κ1) is 21.9. The van der Waals surface area contributed by atoms with E-state index in [0.29, 0.717) is 23.1 Å². The second-order valence-electron chi connectivity index (χ2n) is 7.91. The number of para-hydroxylation sites is 1. The number of fused-ring (bicyclic) bond motifs is 1. The molecule has 0 aliphatic carbocycles. The first-order valence-corrected chi connectivity index (χ1v) is 11.1. The summed E-state index contributed by atoms with van der Waals surface area (Å²) in [4.78, 5) is 16.9. The van der Waals surface area contributed by atoms with Gasteiger partial charge in [-0.2, -0.15) is 4.98 Å². The lowest BCUT2D eigenvalue weighted by atomic mass is 9.93. The minimum absolute atomic E-state index is 0.0750. The van der Waals surface area contributed by atoms with Crippen molar-refractivity contribution in [2.24, 2.45) is 0 Å². The van der Waals surface area contributed by atoms with Gasteiger partial charge in [-0.3, -0.25) is 10.1 Å². The summed E-state index contributed by atoms with van der Waals surface area (Å²) in [5.41, 5.74) is 1.92. The number of nitrogens with zero attached hydrogens (tertiary/aromatic N) is 3. The van der Waals surface area contributed by atoms with Crippen LogP contribution in [0.1, 0.15) is 29.6 Å². The maximum absolute atomic E-state index is 13.6. The molecule has 34 heavy (non-hydrogen) atoms. The number of ether oxygens (including phenoxy) is 1. The molecule has 0 spiro atoms. The van der Waals surface area contributed by atoms with E-state index in [9.17, 15) is 9.18 Å². The van der Waals surface area contributed by atoms with Gasteiger partial charge < -0.3 is 10.1 Å². The number of benzene rings is 3. The van der Waals surface area contributed by atoms with Gasteiger partial charge in [0.05, 0.1) is 12.1 Å². The van der Waals surface area contributed by atoms with Gasteiger partial charge in [0.2, 0.25) is 5.95 Å². The number of hydrogen-bond acceptors (Lipinski definition) is 5. The lowest BCUT2D eigenvalue weighted by Gasteiger charge is -2.31. The third-order valence-corrected chi connectivity index (χ3v) is 5.83. The number of carbonyl (C=O) groups excluding carboxylic acids is 1. The summed E-state index contributed by atoms with van der Waals surface area (Å²) in [5.74, 6) is 0.572. The van der Waals surface area contributed by atoms with Crippen LogP contribution >= 0.6 is 11.6 Å². The highest BCUT2D eigenvalue weighted by Gasteiger charge is 2.31. The minimum Gasteiger partial charge on any atom is -0.484 e. The molecule has 0 radical (unpaired) electrons. The van der Waals surface area contributed by atoms with E-state index >= 15 is 0 Å². The van der Waals surface area contributed by atoms with E-state index < -0.39 is 0 Å². The van der Waals surface area contributed by atoms with E-state index in [1.54, 1.807) is 28.9 Å². The summed E-state index contributed by atoms with van der Waals surface area (Å²) in [6.07, 6.45) is 0.647. The van der Waals surface area contributed by atoms with Crippen LogP contribution in [0.5, 0.6) is 5.75 Å². The van der Waals surface area contributed by atoms with E-state index in [2.05, 4.69) is 20.7 Å². The van der Waals surface area contributed by atoms with Gasteiger partial charge in [0.1, 0.15) is 11.6 Å². The van der Waals surface area contributed by atoms with Crippen molar-refractivity contribution in [3.63, 3.8) is 0 Å². The number of carbonyl (C=O) groups is 1. The molecule has 1 aliphatic rings. The fourth-order valence-electron chi connectivity index (χ4n) is 3.93. The van der Waals surface area contributed by atoms with Gasteiger partial charge in [-0.05, 0) is 53.9 Å². The predicted molar refractivity (Wildman–Crippen MR) is 128 cm³/mol. The summed E-state index contributed by atoms with van der Waals surface area (Å²) < 4.78 is 20.8. The number of hydrogen-bond donors (Lipinski definition) is 2. The molecule has 0 saturated heterocycles. The molecule has 9 heteroatoms. The zero-order chi connectivity index (χ0) is 23.5. The van der Waals surface area contributed by atoms with E-state index in [0.717, 1.165) is 11.1 Å². The Morgan fingerprint density at radius 1 is 1.06 bits per heavy atom. The van der Waals surface area contributed by atoms with Crippen molar-refractivity contribution < 1.29 is 13.9 Å². The number of rotatable bonds is 6. The Hall–Kier alpha value is -3.91. The lowest BCUT2D eigenvalue weighted by Crippen LogP contribution is -2.28. The second-order valence-corrected chi connectivity index (χ2v) is 8.34. The van der Waals surface area contributed by atoms with Crippen LogP contribution in [0.2, 0.25) is 5.02 Å². The molecule has 1 aromatic heterocycles. The molecule has 0 bridgehead atoms. The molecule has 3 aromatic carbocycles. The first-order chi connectivity index (χ1) is 16.5. The summed E-state index contributed by atoms with van der Waals surface area (Å²) in [6.45, 7) is -0.171. The molecule has 0 fully saturated rings. The Balaban J connectivity index is 1.38. The SMILES string of the molecule is O=C(COc1ccccc1)Nc1nc2n(n1)[C@H](c1ccc(F)cc1)C[C@@H](c1ccc(Cl)cc1)N2. The molecule has 172 valence electrons. The monoisotopic (exact) mass is 477 g/mol. The van der Waals surface area contributed by atoms with Gasteiger partial charge in [0.15, 0.2) is 6.61 Å². The number of anilines is 2. The Kier molecular flexibility index (Phi) is 6.14. The normalized spacial score (nSPS) is 16.9. The third kappa shape index (κ3) is 4.87. The topological polar surface area (TPSA) is 81.1 Å². The van der Waals surface area contributed by atoms with Crippen LogP contribution in [-0.2, 0) is 4.79 Å². The molecule has 1 aliphatic heterocycles. The molecule has 2 heterocycles. The Morgan fingerprint density at radius 2 is 1.76 bits per heavy atom. The van der Waals surface area contributed by atoms with Crippen LogP contribution in [0.4, 0.5) is 16.3 Å². The molecule has 2 atom stereocenters. The van der Waals surface area contributed by atoms with Gasteiger partial charge in [-0.15, -0.1) is 5.10 Å². The maximum Gasteiger partial charge on any atom is 0.264 e. The number of halogens is 2. The zero-order valence-electron chi connectivity index (χ0n) is 18.0. The summed E-state index contributed by atoms with van der Waals surface area (Å²) in [7, 11) is 0. The van der Waals surface area contributed by atoms with Crippen LogP contribution in [0.3, 0.4) is 0 Å². The Bertz CT molecular complexity index is 1280. The zero-order valence-corrected chi connectivity index (χ0v) is 18.7.